The van der Waals surface area contributed by atoms with E-state index >= 15 is 0 Å². The number of hydrogen-bond donors (Lipinski definition) is 5. The quantitative estimate of drug-likeness (QED) is 0.392. The summed E-state index contributed by atoms with van der Waals surface area (Å²) in [7, 11) is 0. The van der Waals surface area contributed by atoms with Crippen molar-refractivity contribution < 1.29 is 29.7 Å². The number of hydrogen-bond acceptors (Lipinski definition) is 5. The molecule has 8 heteroatoms. The third-order valence-electron chi connectivity index (χ3n) is 2.10. The van der Waals surface area contributed by atoms with Crippen LogP contribution in [-0.2, 0) is 14.4 Å². The van der Waals surface area contributed by atoms with Gasteiger partial charge in [-0.25, -0.2) is 4.79 Å². The SMILES string of the molecule is C[C@@H](O)[C@H](N)C(=O)O.O=C1CC[C@@H](C(=O)O)N1. The molecule has 0 aromatic carbocycles. The first-order valence-corrected chi connectivity index (χ1v) is 4.94. The smallest absolute Gasteiger partial charge is 0.326 e. The maximum atomic E-state index is 10.4. The van der Waals surface area contributed by atoms with Crippen molar-refractivity contribution in [3.05, 3.63) is 0 Å². The van der Waals surface area contributed by atoms with Crippen LogP contribution in [0, 0.1) is 0 Å². The van der Waals surface area contributed by atoms with Crippen molar-refractivity contribution in [3.8, 4) is 0 Å². The molecular formula is C9H16N2O6. The van der Waals surface area contributed by atoms with Gasteiger partial charge in [0.25, 0.3) is 0 Å². The molecule has 1 amide bonds. The van der Waals surface area contributed by atoms with Crippen LogP contribution in [-0.4, -0.2) is 51.4 Å². The summed E-state index contributed by atoms with van der Waals surface area (Å²) in [6, 6.07) is -1.80. The van der Waals surface area contributed by atoms with E-state index < -0.39 is 30.1 Å². The molecule has 0 aromatic heterocycles. The van der Waals surface area contributed by atoms with Gasteiger partial charge in [-0.1, -0.05) is 0 Å². The Morgan fingerprint density at radius 3 is 2.12 bits per heavy atom. The monoisotopic (exact) mass is 248 g/mol. The van der Waals surface area contributed by atoms with Gasteiger partial charge >= 0.3 is 11.9 Å². The second kappa shape index (κ2) is 6.81. The van der Waals surface area contributed by atoms with Gasteiger partial charge in [0, 0.05) is 6.42 Å². The first kappa shape index (κ1) is 15.3. The predicted molar refractivity (Wildman–Crippen MR) is 56.1 cm³/mol. The molecule has 1 rings (SSSR count). The van der Waals surface area contributed by atoms with Crippen LogP contribution in [0.2, 0.25) is 0 Å². The number of nitrogens with two attached hydrogens (primary N) is 1. The molecule has 98 valence electrons. The standard InChI is InChI=1S/C5H7NO3.C4H9NO3/c7-4-2-1-3(6-4)5(8)9;1-2(6)3(5)4(7)8/h3H,1-2H2,(H,6,7)(H,8,9);2-3,6H,5H2,1H3,(H,7,8)/t3-;2-,3+/m01/s1. The topological polar surface area (TPSA) is 150 Å². The highest BCUT2D eigenvalue weighted by atomic mass is 16.4. The molecule has 0 spiro atoms. The average molecular weight is 248 g/mol. The van der Waals surface area contributed by atoms with Gasteiger partial charge in [-0.15, -0.1) is 0 Å². The van der Waals surface area contributed by atoms with Crippen LogP contribution < -0.4 is 11.1 Å². The Hall–Kier alpha value is -1.67. The van der Waals surface area contributed by atoms with Crippen molar-refractivity contribution in [1.82, 2.24) is 5.32 Å². The van der Waals surface area contributed by atoms with Gasteiger partial charge in [0.1, 0.15) is 12.1 Å². The van der Waals surface area contributed by atoms with E-state index in [1.165, 1.54) is 6.92 Å². The van der Waals surface area contributed by atoms with Crippen molar-refractivity contribution in [1.29, 1.82) is 0 Å². The lowest BCUT2D eigenvalue weighted by Crippen LogP contribution is -2.39. The number of amides is 1. The Bertz CT molecular complexity index is 304. The van der Waals surface area contributed by atoms with E-state index in [1.807, 2.05) is 0 Å². The van der Waals surface area contributed by atoms with Crippen LogP contribution in [0.25, 0.3) is 0 Å². The Kier molecular flexibility index (Phi) is 6.15. The summed E-state index contributed by atoms with van der Waals surface area (Å²) < 4.78 is 0. The van der Waals surface area contributed by atoms with E-state index in [2.05, 4.69) is 5.32 Å². The summed E-state index contributed by atoms with van der Waals surface area (Å²) in [6.07, 6.45) is -0.210. The van der Waals surface area contributed by atoms with Gasteiger partial charge in [0.15, 0.2) is 0 Å². The zero-order chi connectivity index (χ0) is 13.6. The number of aliphatic carboxylic acids is 2. The highest BCUT2D eigenvalue weighted by molar-refractivity contribution is 5.87. The zero-order valence-electron chi connectivity index (χ0n) is 9.29. The van der Waals surface area contributed by atoms with Gasteiger partial charge in [-0.3, -0.25) is 9.59 Å². The number of rotatable bonds is 3. The zero-order valence-corrected chi connectivity index (χ0v) is 9.29. The molecule has 17 heavy (non-hydrogen) atoms. The summed E-state index contributed by atoms with van der Waals surface area (Å²) in [5.41, 5.74) is 4.91. The van der Waals surface area contributed by atoms with E-state index in [0.717, 1.165) is 0 Å². The summed E-state index contributed by atoms with van der Waals surface area (Å²) >= 11 is 0. The van der Waals surface area contributed by atoms with E-state index in [4.69, 9.17) is 21.1 Å². The molecule has 0 bridgehead atoms. The predicted octanol–water partition coefficient (Wildman–Crippen LogP) is -1.87. The van der Waals surface area contributed by atoms with Crippen LogP contribution >= 0.6 is 0 Å². The molecule has 3 atom stereocenters. The highest BCUT2D eigenvalue weighted by Gasteiger charge is 2.26. The number of aliphatic hydroxyl groups excluding tert-OH is 1. The van der Waals surface area contributed by atoms with Gasteiger partial charge in [0.05, 0.1) is 6.10 Å². The first-order chi connectivity index (χ1) is 7.75. The molecular weight excluding hydrogens is 232 g/mol. The third-order valence-corrected chi connectivity index (χ3v) is 2.10. The summed E-state index contributed by atoms with van der Waals surface area (Å²) in [5.74, 6) is -2.29. The number of aliphatic hydroxyl groups is 1. The summed E-state index contributed by atoms with van der Waals surface area (Å²) in [4.78, 5) is 30.4. The van der Waals surface area contributed by atoms with Crippen LogP contribution in [0.1, 0.15) is 19.8 Å². The number of nitrogens with one attached hydrogen (secondary N) is 1. The molecule has 0 saturated carbocycles. The normalized spacial score (nSPS) is 21.8. The molecule has 1 saturated heterocycles. The molecule has 0 unspecified atom stereocenters. The van der Waals surface area contributed by atoms with Crippen molar-refractivity contribution in [2.45, 2.75) is 38.0 Å². The third kappa shape index (κ3) is 5.83. The fourth-order valence-corrected chi connectivity index (χ4v) is 1.01. The average Bonchev–Trinajstić information content (AvgIpc) is 2.64. The molecule has 0 radical (unpaired) electrons. The molecule has 1 fully saturated rings. The van der Waals surface area contributed by atoms with E-state index in [-0.39, 0.29) is 5.91 Å². The highest BCUT2D eigenvalue weighted by Crippen LogP contribution is 2.05. The fourth-order valence-electron chi connectivity index (χ4n) is 1.01. The van der Waals surface area contributed by atoms with Gasteiger partial charge < -0.3 is 26.4 Å². The molecule has 0 aromatic rings. The van der Waals surface area contributed by atoms with E-state index in [9.17, 15) is 14.4 Å². The molecule has 1 aliphatic rings. The first-order valence-electron chi connectivity index (χ1n) is 4.94. The second-order valence-corrected chi connectivity index (χ2v) is 3.60. The van der Waals surface area contributed by atoms with Gasteiger partial charge in [0.2, 0.25) is 5.91 Å². The lowest BCUT2D eigenvalue weighted by molar-refractivity contribution is -0.141. The molecule has 1 heterocycles. The number of carbonyl (C=O) groups excluding carboxylic acids is 1. The van der Waals surface area contributed by atoms with Crippen LogP contribution in [0.4, 0.5) is 0 Å². The lowest BCUT2D eigenvalue weighted by Gasteiger charge is -2.06. The Morgan fingerprint density at radius 2 is 2.00 bits per heavy atom. The minimum absolute atomic E-state index is 0.164. The number of carbonyl (C=O) groups is 3. The number of carboxylic acids is 2. The molecule has 8 nitrogen and oxygen atoms in total. The fraction of sp³-hybridized carbons (Fsp3) is 0.667. The Morgan fingerprint density at radius 1 is 1.47 bits per heavy atom. The maximum Gasteiger partial charge on any atom is 0.326 e. The molecule has 6 N–H and O–H groups in total. The molecule has 1 aliphatic heterocycles. The van der Waals surface area contributed by atoms with Crippen LogP contribution in [0.15, 0.2) is 0 Å². The van der Waals surface area contributed by atoms with Crippen molar-refractivity contribution in [2.24, 2.45) is 5.73 Å². The second-order valence-electron chi connectivity index (χ2n) is 3.60. The summed E-state index contributed by atoms with van der Waals surface area (Å²) in [5, 5.41) is 27.2. The van der Waals surface area contributed by atoms with Gasteiger partial charge in [-0.05, 0) is 13.3 Å². The van der Waals surface area contributed by atoms with Crippen LogP contribution in [0.5, 0.6) is 0 Å². The minimum Gasteiger partial charge on any atom is -0.480 e. The van der Waals surface area contributed by atoms with E-state index in [1.54, 1.807) is 0 Å². The Labute approximate surface area is 97.4 Å². The summed E-state index contributed by atoms with van der Waals surface area (Å²) in [6.45, 7) is 1.33. The maximum absolute atomic E-state index is 10.4. The molecule has 0 aliphatic carbocycles. The minimum atomic E-state index is -1.18. The lowest BCUT2D eigenvalue weighted by atomic mass is 10.2. The van der Waals surface area contributed by atoms with Crippen molar-refractivity contribution in [3.63, 3.8) is 0 Å². The number of carboxylic acid groups (broad SMARTS) is 2. The Balaban J connectivity index is 0.000000304. The van der Waals surface area contributed by atoms with Crippen molar-refractivity contribution >= 4 is 17.8 Å². The van der Waals surface area contributed by atoms with Crippen LogP contribution in [0.3, 0.4) is 0 Å². The van der Waals surface area contributed by atoms with Crippen molar-refractivity contribution in [2.75, 3.05) is 0 Å². The van der Waals surface area contributed by atoms with E-state index in [0.29, 0.717) is 12.8 Å². The largest absolute Gasteiger partial charge is 0.480 e. The van der Waals surface area contributed by atoms with Gasteiger partial charge in [-0.2, -0.15) is 0 Å².